The van der Waals surface area contributed by atoms with Gasteiger partial charge in [-0.05, 0) is 38.5 Å². The smallest absolute Gasteiger partial charge is 0.318 e. The first-order chi connectivity index (χ1) is 8.84. The van der Waals surface area contributed by atoms with E-state index >= 15 is 0 Å². The van der Waals surface area contributed by atoms with Crippen LogP contribution in [0.5, 0.6) is 5.75 Å². The molecular formula is C14H19NO4. The molecule has 0 saturated heterocycles. The minimum atomic E-state index is -1.43. The molecule has 104 valence electrons. The molecule has 0 bridgehead atoms. The third-order valence-electron chi connectivity index (χ3n) is 2.75. The number of carbonyl (C=O) groups is 2. The molecule has 1 rings (SSSR count). The van der Waals surface area contributed by atoms with Gasteiger partial charge >= 0.3 is 5.97 Å². The predicted octanol–water partition coefficient (Wildman–Crippen LogP) is 1.60. The highest BCUT2D eigenvalue weighted by Crippen LogP contribution is 2.15. The summed E-state index contributed by atoms with van der Waals surface area (Å²) in [7, 11) is 0. The zero-order valence-electron chi connectivity index (χ0n) is 11.4. The van der Waals surface area contributed by atoms with Crippen molar-refractivity contribution < 1.29 is 19.4 Å². The van der Waals surface area contributed by atoms with Crippen LogP contribution in [0.1, 0.15) is 19.4 Å². The summed E-state index contributed by atoms with van der Waals surface area (Å²) in [6.07, 6.45) is 0. The summed E-state index contributed by atoms with van der Waals surface area (Å²) >= 11 is 0. The van der Waals surface area contributed by atoms with Crippen molar-refractivity contribution >= 4 is 11.9 Å². The highest BCUT2D eigenvalue weighted by molar-refractivity contribution is 6.00. The number of carboxylic acid groups (broad SMARTS) is 1. The molecule has 5 heteroatoms. The van der Waals surface area contributed by atoms with Crippen LogP contribution in [0.15, 0.2) is 24.3 Å². The maximum Gasteiger partial charge on any atom is 0.318 e. The Morgan fingerprint density at radius 2 is 2.05 bits per heavy atom. The average molecular weight is 265 g/mol. The number of carbonyl (C=O) groups excluding carboxylic acids is 1. The van der Waals surface area contributed by atoms with E-state index in [1.165, 1.54) is 13.8 Å². The molecule has 0 unspecified atom stereocenters. The first kappa shape index (κ1) is 15.0. The molecule has 0 aromatic heterocycles. The number of benzene rings is 1. The summed E-state index contributed by atoms with van der Waals surface area (Å²) in [5, 5.41) is 11.4. The summed E-state index contributed by atoms with van der Waals surface area (Å²) in [6.45, 7) is 5.26. The molecule has 0 spiro atoms. The maximum absolute atomic E-state index is 11.6. The second-order valence-electron chi connectivity index (χ2n) is 4.85. The summed E-state index contributed by atoms with van der Waals surface area (Å²) in [5.41, 5.74) is -0.336. The summed E-state index contributed by atoms with van der Waals surface area (Å²) in [5.74, 6) is -0.941. The van der Waals surface area contributed by atoms with Crippen LogP contribution < -0.4 is 10.1 Å². The summed E-state index contributed by atoms with van der Waals surface area (Å²) < 4.78 is 5.45. The Morgan fingerprint density at radius 3 is 2.63 bits per heavy atom. The molecule has 5 nitrogen and oxygen atoms in total. The van der Waals surface area contributed by atoms with Crippen molar-refractivity contribution in [1.82, 2.24) is 5.32 Å². The number of rotatable bonds is 6. The van der Waals surface area contributed by atoms with E-state index in [4.69, 9.17) is 9.84 Å². The molecule has 0 aliphatic heterocycles. The van der Waals surface area contributed by atoms with Crippen LogP contribution in [0.4, 0.5) is 0 Å². The van der Waals surface area contributed by atoms with Crippen molar-refractivity contribution in [2.45, 2.75) is 20.8 Å². The van der Waals surface area contributed by atoms with E-state index in [0.29, 0.717) is 6.61 Å². The van der Waals surface area contributed by atoms with Crippen molar-refractivity contribution in [3.8, 4) is 5.75 Å². The lowest BCUT2D eigenvalue weighted by molar-refractivity contribution is -0.153. The number of hydrogen-bond acceptors (Lipinski definition) is 3. The molecule has 0 aliphatic carbocycles. The van der Waals surface area contributed by atoms with Crippen LogP contribution in [-0.2, 0) is 9.59 Å². The van der Waals surface area contributed by atoms with Gasteiger partial charge in [-0.1, -0.05) is 12.1 Å². The second-order valence-corrected chi connectivity index (χ2v) is 4.85. The van der Waals surface area contributed by atoms with E-state index in [1.54, 1.807) is 0 Å². The molecule has 0 heterocycles. The monoisotopic (exact) mass is 265 g/mol. The van der Waals surface area contributed by atoms with Gasteiger partial charge in [-0.15, -0.1) is 0 Å². The Kier molecular flexibility index (Phi) is 4.92. The largest absolute Gasteiger partial charge is 0.492 e. The number of aliphatic carboxylic acids is 1. The molecular weight excluding hydrogens is 246 g/mol. The minimum absolute atomic E-state index is 0.267. The van der Waals surface area contributed by atoms with Gasteiger partial charge in [0.2, 0.25) is 5.91 Å². The van der Waals surface area contributed by atoms with Gasteiger partial charge in [0.25, 0.3) is 0 Å². The van der Waals surface area contributed by atoms with E-state index in [9.17, 15) is 9.59 Å². The molecule has 1 aromatic rings. The number of nitrogens with one attached hydrogen (secondary N) is 1. The lowest BCUT2D eigenvalue weighted by Gasteiger charge is -2.18. The minimum Gasteiger partial charge on any atom is -0.492 e. The Hall–Kier alpha value is -2.04. The van der Waals surface area contributed by atoms with Gasteiger partial charge in [-0.25, -0.2) is 0 Å². The molecule has 2 N–H and O–H groups in total. The zero-order valence-corrected chi connectivity index (χ0v) is 11.4. The normalized spacial score (nSPS) is 10.9. The molecule has 1 aromatic carbocycles. The SMILES string of the molecule is Cc1cccc(OCCNC(=O)C(C)(C)C(=O)O)c1. The summed E-state index contributed by atoms with van der Waals surface area (Å²) in [4.78, 5) is 22.5. The van der Waals surface area contributed by atoms with Gasteiger partial charge in [-0.3, -0.25) is 9.59 Å². The highest BCUT2D eigenvalue weighted by Gasteiger charge is 2.35. The number of hydrogen-bond donors (Lipinski definition) is 2. The number of carboxylic acids is 1. The first-order valence-corrected chi connectivity index (χ1v) is 6.05. The quantitative estimate of drug-likeness (QED) is 0.605. The predicted molar refractivity (Wildman–Crippen MR) is 71.1 cm³/mol. The number of aryl methyl sites for hydroxylation is 1. The van der Waals surface area contributed by atoms with Crippen LogP contribution in [0.25, 0.3) is 0 Å². The molecule has 0 saturated carbocycles. The van der Waals surface area contributed by atoms with Crippen molar-refractivity contribution in [3.05, 3.63) is 29.8 Å². The standard InChI is InChI=1S/C14H19NO4/c1-10-5-4-6-11(9-10)19-8-7-15-12(16)14(2,3)13(17)18/h4-6,9H,7-8H2,1-3H3,(H,15,16)(H,17,18). The lowest BCUT2D eigenvalue weighted by Crippen LogP contribution is -2.43. The van der Waals surface area contributed by atoms with Gasteiger partial charge in [0, 0.05) is 0 Å². The topological polar surface area (TPSA) is 75.6 Å². The number of ether oxygens (including phenoxy) is 1. The Morgan fingerprint density at radius 1 is 1.37 bits per heavy atom. The molecule has 19 heavy (non-hydrogen) atoms. The Labute approximate surface area is 112 Å². The lowest BCUT2D eigenvalue weighted by atomic mass is 9.93. The van der Waals surface area contributed by atoms with Crippen molar-refractivity contribution in [3.63, 3.8) is 0 Å². The van der Waals surface area contributed by atoms with Crippen LogP contribution in [0, 0.1) is 12.3 Å². The molecule has 1 amide bonds. The fourth-order valence-electron chi connectivity index (χ4n) is 1.36. The van der Waals surface area contributed by atoms with Gasteiger partial charge < -0.3 is 15.2 Å². The van der Waals surface area contributed by atoms with Crippen molar-refractivity contribution in [2.75, 3.05) is 13.2 Å². The van der Waals surface area contributed by atoms with Gasteiger partial charge in [-0.2, -0.15) is 0 Å². The van der Waals surface area contributed by atoms with Crippen LogP contribution >= 0.6 is 0 Å². The third-order valence-corrected chi connectivity index (χ3v) is 2.75. The third kappa shape index (κ3) is 4.28. The molecule has 0 fully saturated rings. The average Bonchev–Trinajstić information content (AvgIpc) is 2.34. The van der Waals surface area contributed by atoms with Crippen molar-refractivity contribution in [1.29, 1.82) is 0 Å². The fourth-order valence-corrected chi connectivity index (χ4v) is 1.36. The fraction of sp³-hybridized carbons (Fsp3) is 0.429. The molecule has 0 aliphatic rings. The van der Waals surface area contributed by atoms with Gasteiger partial charge in [0.05, 0.1) is 6.54 Å². The summed E-state index contributed by atoms with van der Waals surface area (Å²) in [6, 6.07) is 7.57. The van der Waals surface area contributed by atoms with Crippen LogP contribution in [-0.4, -0.2) is 30.1 Å². The van der Waals surface area contributed by atoms with Gasteiger partial charge in [0.1, 0.15) is 17.8 Å². The van der Waals surface area contributed by atoms with E-state index in [2.05, 4.69) is 5.32 Å². The second kappa shape index (κ2) is 6.22. The van der Waals surface area contributed by atoms with Crippen LogP contribution in [0.2, 0.25) is 0 Å². The van der Waals surface area contributed by atoms with E-state index in [0.717, 1.165) is 11.3 Å². The first-order valence-electron chi connectivity index (χ1n) is 6.05. The Balaban J connectivity index is 2.36. The van der Waals surface area contributed by atoms with Crippen LogP contribution in [0.3, 0.4) is 0 Å². The molecule has 0 radical (unpaired) electrons. The van der Waals surface area contributed by atoms with E-state index in [1.807, 2.05) is 31.2 Å². The maximum atomic E-state index is 11.6. The highest BCUT2D eigenvalue weighted by atomic mass is 16.5. The van der Waals surface area contributed by atoms with E-state index < -0.39 is 17.3 Å². The van der Waals surface area contributed by atoms with Crippen molar-refractivity contribution in [2.24, 2.45) is 5.41 Å². The molecule has 0 atom stereocenters. The van der Waals surface area contributed by atoms with E-state index in [-0.39, 0.29) is 6.54 Å². The zero-order chi connectivity index (χ0) is 14.5. The van der Waals surface area contributed by atoms with Gasteiger partial charge in [0.15, 0.2) is 0 Å². The Bertz CT molecular complexity index is 468. The number of amides is 1.